The lowest BCUT2D eigenvalue weighted by Gasteiger charge is -2.23. The lowest BCUT2D eigenvalue weighted by Crippen LogP contribution is -2.35. The van der Waals surface area contributed by atoms with Gasteiger partial charge in [-0.25, -0.2) is 0 Å². The third kappa shape index (κ3) is 3.15. The van der Waals surface area contributed by atoms with E-state index in [1.54, 1.807) is 4.90 Å². The lowest BCUT2D eigenvalue weighted by molar-refractivity contribution is 0.0465. The third-order valence-electron chi connectivity index (χ3n) is 3.79. The molecule has 0 aromatic carbocycles. The molecule has 1 aliphatic heterocycles. The average molecular weight is 286 g/mol. The molecule has 7 heteroatoms. The Morgan fingerprint density at radius 2 is 2.15 bits per heavy atom. The average Bonchev–Trinajstić information content (AvgIpc) is 2.75. The SMILES string of the molecule is CN(C)C1CCCN(C(=O)c2ccnn2C(F)F)CC1. The van der Waals surface area contributed by atoms with Crippen LogP contribution in [0.15, 0.2) is 12.3 Å². The summed E-state index contributed by atoms with van der Waals surface area (Å²) in [6.45, 7) is -1.58. The highest BCUT2D eigenvalue weighted by Gasteiger charge is 2.26. The zero-order chi connectivity index (χ0) is 14.7. The summed E-state index contributed by atoms with van der Waals surface area (Å²) in [6.07, 6.45) is 4.00. The molecule has 0 aliphatic carbocycles. The number of carbonyl (C=O) groups excluding carboxylic acids is 1. The number of likely N-dealkylation sites (tertiary alicyclic amines) is 1. The van der Waals surface area contributed by atoms with Crippen molar-refractivity contribution < 1.29 is 13.6 Å². The molecule has 1 amide bonds. The Bertz CT molecular complexity index is 461. The monoisotopic (exact) mass is 286 g/mol. The molecule has 0 saturated carbocycles. The summed E-state index contributed by atoms with van der Waals surface area (Å²) in [6, 6.07) is 1.79. The van der Waals surface area contributed by atoms with Crippen molar-refractivity contribution in [2.75, 3.05) is 27.2 Å². The third-order valence-corrected chi connectivity index (χ3v) is 3.79. The number of carbonyl (C=O) groups is 1. The van der Waals surface area contributed by atoms with Crippen LogP contribution in [0.4, 0.5) is 8.78 Å². The fourth-order valence-electron chi connectivity index (χ4n) is 2.60. The predicted molar refractivity (Wildman–Crippen MR) is 70.7 cm³/mol. The maximum absolute atomic E-state index is 12.8. The van der Waals surface area contributed by atoms with E-state index in [0.717, 1.165) is 19.3 Å². The summed E-state index contributed by atoms with van der Waals surface area (Å²) >= 11 is 0. The van der Waals surface area contributed by atoms with Crippen LogP contribution in [0.3, 0.4) is 0 Å². The van der Waals surface area contributed by atoms with Gasteiger partial charge in [0.15, 0.2) is 0 Å². The fourth-order valence-corrected chi connectivity index (χ4v) is 2.60. The van der Waals surface area contributed by atoms with Gasteiger partial charge in [0.2, 0.25) is 0 Å². The molecule has 1 saturated heterocycles. The molecule has 1 aromatic heterocycles. The van der Waals surface area contributed by atoms with E-state index >= 15 is 0 Å². The van der Waals surface area contributed by atoms with Crippen molar-refractivity contribution in [2.45, 2.75) is 31.9 Å². The van der Waals surface area contributed by atoms with E-state index < -0.39 is 6.55 Å². The van der Waals surface area contributed by atoms with Gasteiger partial charge in [0.25, 0.3) is 5.91 Å². The second kappa shape index (κ2) is 6.30. The molecule has 0 spiro atoms. The van der Waals surface area contributed by atoms with Crippen LogP contribution in [0.1, 0.15) is 36.3 Å². The molecular formula is C13H20F2N4O. The fraction of sp³-hybridized carbons (Fsp3) is 0.692. The maximum atomic E-state index is 12.8. The number of amides is 1. The summed E-state index contributed by atoms with van der Waals surface area (Å²) in [5.41, 5.74) is -0.0386. The van der Waals surface area contributed by atoms with Crippen molar-refractivity contribution in [3.05, 3.63) is 18.0 Å². The summed E-state index contributed by atoms with van der Waals surface area (Å²) in [4.78, 5) is 16.1. The van der Waals surface area contributed by atoms with E-state index in [0.29, 0.717) is 23.8 Å². The Labute approximate surface area is 117 Å². The first-order valence-corrected chi connectivity index (χ1v) is 6.78. The first kappa shape index (κ1) is 14.9. The molecule has 1 atom stereocenters. The van der Waals surface area contributed by atoms with E-state index in [9.17, 15) is 13.6 Å². The van der Waals surface area contributed by atoms with E-state index in [1.807, 2.05) is 14.1 Å². The van der Waals surface area contributed by atoms with Gasteiger partial charge in [0.1, 0.15) is 5.69 Å². The van der Waals surface area contributed by atoms with E-state index in [2.05, 4.69) is 10.00 Å². The van der Waals surface area contributed by atoms with Crippen LogP contribution >= 0.6 is 0 Å². The molecule has 1 unspecified atom stereocenters. The van der Waals surface area contributed by atoms with Crippen LogP contribution < -0.4 is 0 Å². The first-order chi connectivity index (χ1) is 9.50. The highest BCUT2D eigenvalue weighted by Crippen LogP contribution is 2.18. The zero-order valence-electron chi connectivity index (χ0n) is 11.8. The summed E-state index contributed by atoms with van der Waals surface area (Å²) in [5, 5.41) is 3.51. The van der Waals surface area contributed by atoms with Gasteiger partial charge in [-0.1, -0.05) is 0 Å². The summed E-state index contributed by atoms with van der Waals surface area (Å²) < 4.78 is 26.0. The van der Waals surface area contributed by atoms with E-state index in [1.165, 1.54) is 12.3 Å². The summed E-state index contributed by atoms with van der Waals surface area (Å²) in [7, 11) is 4.04. The molecule has 112 valence electrons. The van der Waals surface area contributed by atoms with Crippen LogP contribution in [0, 0.1) is 0 Å². The number of hydrogen-bond donors (Lipinski definition) is 0. The minimum atomic E-state index is -2.79. The molecule has 5 nitrogen and oxygen atoms in total. The highest BCUT2D eigenvalue weighted by atomic mass is 19.3. The molecule has 2 heterocycles. The van der Waals surface area contributed by atoms with Gasteiger partial charge in [0.05, 0.1) is 0 Å². The molecule has 0 bridgehead atoms. The molecular weight excluding hydrogens is 266 g/mol. The molecule has 1 aliphatic rings. The standard InChI is InChI=1S/C13H20F2N4O/c1-17(2)10-4-3-8-18(9-6-10)12(20)11-5-7-16-19(11)13(14)15/h5,7,10,13H,3-4,6,8-9H2,1-2H3. The number of hydrogen-bond acceptors (Lipinski definition) is 3. The Morgan fingerprint density at radius 3 is 2.80 bits per heavy atom. The molecule has 0 N–H and O–H groups in total. The quantitative estimate of drug-likeness (QED) is 0.851. The largest absolute Gasteiger partial charge is 0.337 e. The van der Waals surface area contributed by atoms with Crippen LogP contribution in [-0.2, 0) is 0 Å². The topological polar surface area (TPSA) is 41.4 Å². The van der Waals surface area contributed by atoms with Crippen molar-refractivity contribution in [3.63, 3.8) is 0 Å². The molecule has 1 fully saturated rings. The second-order valence-corrected chi connectivity index (χ2v) is 5.28. The Morgan fingerprint density at radius 1 is 1.40 bits per heavy atom. The Kier molecular flexibility index (Phi) is 4.69. The minimum absolute atomic E-state index is 0.0386. The van der Waals surface area contributed by atoms with Gasteiger partial charge in [-0.2, -0.15) is 18.6 Å². The van der Waals surface area contributed by atoms with Crippen molar-refractivity contribution in [1.82, 2.24) is 19.6 Å². The van der Waals surface area contributed by atoms with Crippen LogP contribution in [0.5, 0.6) is 0 Å². The maximum Gasteiger partial charge on any atom is 0.333 e. The van der Waals surface area contributed by atoms with Crippen molar-refractivity contribution >= 4 is 5.91 Å². The zero-order valence-corrected chi connectivity index (χ0v) is 11.8. The van der Waals surface area contributed by atoms with Gasteiger partial charge >= 0.3 is 6.55 Å². The number of aromatic nitrogens is 2. The molecule has 2 rings (SSSR count). The number of alkyl halides is 2. The van der Waals surface area contributed by atoms with Gasteiger partial charge in [-0.15, -0.1) is 0 Å². The van der Waals surface area contributed by atoms with E-state index in [4.69, 9.17) is 0 Å². The molecule has 1 aromatic rings. The van der Waals surface area contributed by atoms with Gasteiger partial charge in [-0.3, -0.25) is 4.79 Å². The summed E-state index contributed by atoms with van der Waals surface area (Å²) in [5.74, 6) is -0.359. The van der Waals surface area contributed by atoms with E-state index in [-0.39, 0.29) is 11.6 Å². The van der Waals surface area contributed by atoms with Crippen molar-refractivity contribution in [1.29, 1.82) is 0 Å². The van der Waals surface area contributed by atoms with Crippen LogP contribution in [0.2, 0.25) is 0 Å². The minimum Gasteiger partial charge on any atom is -0.337 e. The first-order valence-electron chi connectivity index (χ1n) is 6.78. The van der Waals surface area contributed by atoms with Crippen LogP contribution in [0.25, 0.3) is 0 Å². The highest BCUT2D eigenvalue weighted by molar-refractivity contribution is 5.92. The number of nitrogens with zero attached hydrogens (tertiary/aromatic N) is 4. The Hall–Kier alpha value is -1.50. The van der Waals surface area contributed by atoms with Gasteiger partial charge < -0.3 is 9.80 Å². The van der Waals surface area contributed by atoms with Crippen molar-refractivity contribution in [2.24, 2.45) is 0 Å². The number of rotatable bonds is 3. The van der Waals surface area contributed by atoms with Crippen LogP contribution in [-0.4, -0.2) is 58.7 Å². The number of halogens is 2. The van der Waals surface area contributed by atoms with Gasteiger partial charge in [0, 0.05) is 25.3 Å². The molecule has 20 heavy (non-hydrogen) atoms. The normalized spacial score (nSPS) is 20.5. The molecule has 0 radical (unpaired) electrons. The van der Waals surface area contributed by atoms with Crippen molar-refractivity contribution in [3.8, 4) is 0 Å². The lowest BCUT2D eigenvalue weighted by atomic mass is 10.1. The second-order valence-electron chi connectivity index (χ2n) is 5.28. The Balaban J connectivity index is 2.07. The smallest absolute Gasteiger partial charge is 0.333 e. The predicted octanol–water partition coefficient (Wildman–Crippen LogP) is 1.83. The van der Waals surface area contributed by atoms with Gasteiger partial charge in [-0.05, 0) is 39.4 Å².